The second kappa shape index (κ2) is 7.28. The number of hydrogen-bond donors (Lipinski definition) is 1. The van der Waals surface area contributed by atoms with Gasteiger partial charge in [-0.05, 0) is 49.9 Å². The van der Waals surface area contributed by atoms with E-state index < -0.39 is 0 Å². The Balaban J connectivity index is 2.10. The van der Waals surface area contributed by atoms with Crippen molar-refractivity contribution in [1.29, 1.82) is 0 Å². The molecule has 2 rings (SSSR count). The van der Waals surface area contributed by atoms with E-state index in [4.69, 9.17) is 17.3 Å². The average Bonchev–Trinajstić information content (AvgIpc) is 2.52. The fourth-order valence-corrected chi connectivity index (χ4v) is 3.46. The van der Waals surface area contributed by atoms with Crippen molar-refractivity contribution in [1.82, 2.24) is 4.90 Å². The smallest absolute Gasteiger partial charge is 0.226 e. The van der Waals surface area contributed by atoms with Crippen molar-refractivity contribution in [2.24, 2.45) is 17.6 Å². The summed E-state index contributed by atoms with van der Waals surface area (Å²) in [6, 6.07) is 7.75. The van der Waals surface area contributed by atoms with Crippen LogP contribution < -0.4 is 5.73 Å². The van der Waals surface area contributed by atoms with Crippen LogP contribution >= 0.6 is 11.6 Å². The van der Waals surface area contributed by atoms with Crippen LogP contribution in [0.5, 0.6) is 0 Å². The number of benzene rings is 1. The van der Waals surface area contributed by atoms with Gasteiger partial charge in [0.15, 0.2) is 0 Å². The lowest BCUT2D eigenvalue weighted by atomic mass is 9.78. The molecule has 3 unspecified atom stereocenters. The van der Waals surface area contributed by atoms with Crippen molar-refractivity contribution in [3.63, 3.8) is 0 Å². The Kier molecular flexibility index (Phi) is 5.65. The van der Waals surface area contributed by atoms with Gasteiger partial charge in [-0.2, -0.15) is 0 Å². The number of amides is 1. The molecule has 116 valence electrons. The van der Waals surface area contributed by atoms with Gasteiger partial charge in [-0.3, -0.25) is 4.79 Å². The minimum atomic E-state index is 0.0246. The minimum Gasteiger partial charge on any atom is -0.339 e. The second-order valence-electron chi connectivity index (χ2n) is 6.07. The fraction of sp³-hybridized carbons (Fsp3) is 0.588. The molecule has 0 aliphatic heterocycles. The Labute approximate surface area is 132 Å². The number of nitrogens with two attached hydrogens (primary N) is 1. The van der Waals surface area contributed by atoms with E-state index in [2.05, 4.69) is 0 Å². The van der Waals surface area contributed by atoms with Crippen LogP contribution in [0.25, 0.3) is 0 Å². The lowest BCUT2D eigenvalue weighted by molar-refractivity contribution is -0.139. The molecule has 4 heteroatoms. The number of hydrogen-bond acceptors (Lipinski definition) is 2. The molecule has 0 aromatic heterocycles. The molecule has 0 spiro atoms. The van der Waals surface area contributed by atoms with Crippen molar-refractivity contribution in [3.05, 3.63) is 34.9 Å². The van der Waals surface area contributed by atoms with Crippen LogP contribution in [-0.2, 0) is 4.79 Å². The molecule has 1 aromatic carbocycles. The normalized spacial score (nSPS) is 23.6. The van der Waals surface area contributed by atoms with Crippen molar-refractivity contribution >= 4 is 17.5 Å². The van der Waals surface area contributed by atoms with Gasteiger partial charge >= 0.3 is 0 Å². The van der Waals surface area contributed by atoms with Crippen molar-refractivity contribution < 1.29 is 4.79 Å². The van der Waals surface area contributed by atoms with E-state index in [-0.39, 0.29) is 17.9 Å². The summed E-state index contributed by atoms with van der Waals surface area (Å²) < 4.78 is 0. The monoisotopic (exact) mass is 308 g/mol. The minimum absolute atomic E-state index is 0.0246. The van der Waals surface area contributed by atoms with Crippen LogP contribution in [0.15, 0.2) is 24.3 Å². The summed E-state index contributed by atoms with van der Waals surface area (Å²) in [5.41, 5.74) is 6.92. The Hall–Kier alpha value is -1.06. The highest BCUT2D eigenvalue weighted by molar-refractivity contribution is 6.30. The standard InChI is InChI=1S/C17H25ClN2O/c1-12(13-7-5-8-15(18)10-13)20(2)17(21)16-9-4-3-6-14(16)11-19/h5,7-8,10,12,14,16H,3-4,6,9,11,19H2,1-2H3. The van der Waals surface area contributed by atoms with Crippen molar-refractivity contribution in [3.8, 4) is 0 Å². The first-order valence-corrected chi connectivity index (χ1v) is 8.14. The van der Waals surface area contributed by atoms with Gasteiger partial charge in [0.25, 0.3) is 0 Å². The van der Waals surface area contributed by atoms with E-state index in [0.717, 1.165) is 24.8 Å². The Bertz CT molecular complexity index is 491. The summed E-state index contributed by atoms with van der Waals surface area (Å²) >= 11 is 6.05. The third kappa shape index (κ3) is 3.78. The Morgan fingerprint density at radius 1 is 1.43 bits per heavy atom. The highest BCUT2D eigenvalue weighted by atomic mass is 35.5. The molecule has 1 fully saturated rings. The van der Waals surface area contributed by atoms with E-state index >= 15 is 0 Å². The van der Waals surface area contributed by atoms with Gasteiger partial charge in [-0.15, -0.1) is 0 Å². The molecular formula is C17H25ClN2O. The molecule has 3 nitrogen and oxygen atoms in total. The Morgan fingerprint density at radius 3 is 2.81 bits per heavy atom. The maximum atomic E-state index is 12.8. The molecule has 0 radical (unpaired) electrons. The lowest BCUT2D eigenvalue weighted by Crippen LogP contribution is -2.41. The summed E-state index contributed by atoms with van der Waals surface area (Å²) in [4.78, 5) is 14.7. The summed E-state index contributed by atoms with van der Waals surface area (Å²) in [5, 5.41) is 0.706. The zero-order valence-corrected chi connectivity index (χ0v) is 13.6. The van der Waals surface area contributed by atoms with Crippen LogP contribution in [0.3, 0.4) is 0 Å². The molecular weight excluding hydrogens is 284 g/mol. The molecule has 3 atom stereocenters. The van der Waals surface area contributed by atoms with E-state index in [9.17, 15) is 4.79 Å². The molecule has 0 heterocycles. The molecule has 1 amide bonds. The van der Waals surface area contributed by atoms with E-state index in [1.165, 1.54) is 6.42 Å². The number of rotatable bonds is 4. The molecule has 1 saturated carbocycles. The van der Waals surface area contributed by atoms with E-state index in [0.29, 0.717) is 17.5 Å². The van der Waals surface area contributed by atoms with Gasteiger partial charge in [0.05, 0.1) is 6.04 Å². The zero-order valence-electron chi connectivity index (χ0n) is 12.9. The van der Waals surface area contributed by atoms with Crippen LogP contribution in [0, 0.1) is 11.8 Å². The molecule has 1 aromatic rings. The predicted octanol–water partition coefficient (Wildman–Crippen LogP) is 3.62. The van der Waals surface area contributed by atoms with Crippen molar-refractivity contribution in [2.75, 3.05) is 13.6 Å². The zero-order chi connectivity index (χ0) is 15.4. The van der Waals surface area contributed by atoms with Crippen LogP contribution in [-0.4, -0.2) is 24.4 Å². The van der Waals surface area contributed by atoms with Gasteiger partial charge in [-0.25, -0.2) is 0 Å². The first-order valence-electron chi connectivity index (χ1n) is 7.76. The average molecular weight is 309 g/mol. The fourth-order valence-electron chi connectivity index (χ4n) is 3.26. The van der Waals surface area contributed by atoms with Gasteiger partial charge in [0, 0.05) is 18.0 Å². The molecule has 2 N–H and O–H groups in total. The predicted molar refractivity (Wildman–Crippen MR) is 87.1 cm³/mol. The molecule has 1 aliphatic carbocycles. The van der Waals surface area contributed by atoms with Gasteiger partial charge < -0.3 is 10.6 Å². The maximum absolute atomic E-state index is 12.8. The quantitative estimate of drug-likeness (QED) is 0.923. The molecule has 0 saturated heterocycles. The van der Waals surface area contributed by atoms with Gasteiger partial charge in [-0.1, -0.05) is 36.6 Å². The van der Waals surface area contributed by atoms with E-state index in [1.807, 2.05) is 43.1 Å². The maximum Gasteiger partial charge on any atom is 0.226 e. The van der Waals surface area contributed by atoms with Crippen molar-refractivity contribution in [2.45, 2.75) is 38.6 Å². The molecule has 21 heavy (non-hydrogen) atoms. The number of carbonyl (C=O) groups excluding carboxylic acids is 1. The van der Waals surface area contributed by atoms with Gasteiger partial charge in [0.1, 0.15) is 0 Å². The highest BCUT2D eigenvalue weighted by Gasteiger charge is 2.33. The third-order valence-corrected chi connectivity index (χ3v) is 5.02. The Morgan fingerprint density at radius 2 is 2.14 bits per heavy atom. The first kappa shape index (κ1) is 16.3. The van der Waals surface area contributed by atoms with Crippen LogP contribution in [0.2, 0.25) is 5.02 Å². The second-order valence-corrected chi connectivity index (χ2v) is 6.50. The van der Waals surface area contributed by atoms with Crippen LogP contribution in [0.1, 0.15) is 44.2 Å². The first-order chi connectivity index (χ1) is 10.0. The number of halogens is 1. The lowest BCUT2D eigenvalue weighted by Gasteiger charge is -2.35. The highest BCUT2D eigenvalue weighted by Crippen LogP contribution is 2.32. The third-order valence-electron chi connectivity index (χ3n) is 4.79. The molecule has 0 bridgehead atoms. The summed E-state index contributed by atoms with van der Waals surface area (Å²) in [5.74, 6) is 0.633. The largest absolute Gasteiger partial charge is 0.339 e. The van der Waals surface area contributed by atoms with Gasteiger partial charge in [0.2, 0.25) is 5.91 Å². The topological polar surface area (TPSA) is 46.3 Å². The van der Waals surface area contributed by atoms with E-state index in [1.54, 1.807) is 0 Å². The summed E-state index contributed by atoms with van der Waals surface area (Å²) in [6.07, 6.45) is 4.37. The summed E-state index contributed by atoms with van der Waals surface area (Å²) in [7, 11) is 1.89. The number of carbonyl (C=O) groups is 1. The number of nitrogens with zero attached hydrogens (tertiary/aromatic N) is 1. The van der Waals surface area contributed by atoms with Crippen LogP contribution in [0.4, 0.5) is 0 Å². The molecule has 1 aliphatic rings. The SMILES string of the molecule is CC(c1cccc(Cl)c1)N(C)C(=O)C1CCCCC1CN. The summed E-state index contributed by atoms with van der Waals surface area (Å²) in [6.45, 7) is 2.65.